The third-order valence-electron chi connectivity index (χ3n) is 6.81. The minimum Gasteiger partial charge on any atom is -0.0773 e. The minimum atomic E-state index is 0.0275. The normalized spacial score (nSPS) is 19.8. The van der Waals surface area contributed by atoms with Crippen molar-refractivity contribution in [3.63, 3.8) is 0 Å². The van der Waals surface area contributed by atoms with E-state index in [1.807, 2.05) is 0 Å². The average Bonchev–Trinajstić information content (AvgIpc) is 3.04. The second-order valence-corrected chi connectivity index (χ2v) is 10.3. The summed E-state index contributed by atoms with van der Waals surface area (Å²) in [6, 6.07) is 11.5. The standard InChI is InChI=1S/C31H36/c1-21(2)26-19-15-25(27-16-11-23(4)13-18-29(26)27)20-31(5,6)30-9-7-8-24-14-10-22(3)12-17-28(24)30/h7-19,21-23H,20H2,1-6H3. The van der Waals surface area contributed by atoms with E-state index in [-0.39, 0.29) is 5.41 Å². The molecule has 0 fully saturated rings. The van der Waals surface area contributed by atoms with Crippen molar-refractivity contribution in [1.82, 2.24) is 0 Å². The van der Waals surface area contributed by atoms with E-state index >= 15 is 0 Å². The van der Waals surface area contributed by atoms with Gasteiger partial charge in [-0.3, -0.25) is 0 Å². The van der Waals surface area contributed by atoms with Crippen LogP contribution in [0.25, 0.3) is 24.3 Å². The second kappa shape index (κ2) is 8.50. The summed E-state index contributed by atoms with van der Waals surface area (Å²) in [5.74, 6) is 1.46. The maximum atomic E-state index is 2.40. The molecule has 0 saturated carbocycles. The topological polar surface area (TPSA) is 0 Å². The molecule has 0 saturated heterocycles. The maximum absolute atomic E-state index is 2.40. The van der Waals surface area contributed by atoms with E-state index in [4.69, 9.17) is 0 Å². The zero-order chi connectivity index (χ0) is 22.2. The minimum absolute atomic E-state index is 0.0275. The second-order valence-electron chi connectivity index (χ2n) is 10.3. The van der Waals surface area contributed by atoms with Crippen LogP contribution in [-0.2, 0) is 11.8 Å². The Bertz CT molecular complexity index is 1090. The van der Waals surface area contributed by atoms with Crippen molar-refractivity contribution in [3.8, 4) is 0 Å². The summed E-state index contributed by atoms with van der Waals surface area (Å²) in [7, 11) is 0. The largest absolute Gasteiger partial charge is 0.0773 e. The number of benzene rings is 2. The van der Waals surface area contributed by atoms with Crippen LogP contribution in [0.1, 0.15) is 86.4 Å². The van der Waals surface area contributed by atoms with Gasteiger partial charge in [-0.25, -0.2) is 0 Å². The molecule has 2 atom stereocenters. The highest BCUT2D eigenvalue weighted by atomic mass is 14.3. The number of hydrogen-bond donors (Lipinski definition) is 0. The van der Waals surface area contributed by atoms with E-state index in [9.17, 15) is 0 Å². The molecule has 4 rings (SSSR count). The Balaban J connectivity index is 1.79. The summed E-state index contributed by atoms with van der Waals surface area (Å²) < 4.78 is 0. The third kappa shape index (κ3) is 4.40. The van der Waals surface area contributed by atoms with Crippen LogP contribution in [0.4, 0.5) is 0 Å². The molecule has 0 aliphatic heterocycles. The highest BCUT2D eigenvalue weighted by molar-refractivity contribution is 5.74. The average molecular weight is 409 g/mol. The smallest absolute Gasteiger partial charge is 0.00568 e. The highest BCUT2D eigenvalue weighted by Gasteiger charge is 2.27. The lowest BCUT2D eigenvalue weighted by molar-refractivity contribution is 0.521. The molecule has 0 heteroatoms. The Hall–Kier alpha value is -2.60. The molecule has 2 unspecified atom stereocenters. The summed E-state index contributed by atoms with van der Waals surface area (Å²) in [6.45, 7) is 13.9. The van der Waals surface area contributed by atoms with Crippen molar-refractivity contribution in [1.29, 1.82) is 0 Å². The Morgan fingerprint density at radius 2 is 1.35 bits per heavy atom. The quantitative estimate of drug-likeness (QED) is 0.474. The van der Waals surface area contributed by atoms with Gasteiger partial charge in [-0.05, 0) is 68.5 Å². The van der Waals surface area contributed by atoms with E-state index in [1.54, 1.807) is 0 Å². The first-order valence-electron chi connectivity index (χ1n) is 11.8. The van der Waals surface area contributed by atoms with E-state index in [0.29, 0.717) is 17.8 Å². The molecule has 2 aromatic rings. The van der Waals surface area contributed by atoms with Gasteiger partial charge in [-0.15, -0.1) is 0 Å². The molecular formula is C31H36. The molecule has 0 spiro atoms. The van der Waals surface area contributed by atoms with Crippen LogP contribution in [0.2, 0.25) is 0 Å². The lowest BCUT2D eigenvalue weighted by Gasteiger charge is -2.30. The summed E-state index contributed by atoms with van der Waals surface area (Å²) in [5.41, 5.74) is 9.88. The molecule has 31 heavy (non-hydrogen) atoms. The number of allylic oxidation sites excluding steroid dienone is 4. The number of hydrogen-bond acceptors (Lipinski definition) is 0. The first-order chi connectivity index (χ1) is 14.8. The van der Waals surface area contributed by atoms with Gasteiger partial charge in [0.25, 0.3) is 0 Å². The van der Waals surface area contributed by atoms with E-state index in [2.05, 4.69) is 120 Å². The molecule has 2 aliphatic carbocycles. The lowest BCUT2D eigenvalue weighted by Crippen LogP contribution is -2.23. The van der Waals surface area contributed by atoms with Gasteiger partial charge in [-0.2, -0.15) is 0 Å². The van der Waals surface area contributed by atoms with Gasteiger partial charge in [0.1, 0.15) is 0 Å². The Morgan fingerprint density at radius 1 is 0.742 bits per heavy atom. The SMILES string of the molecule is CC1C=Cc2cccc(C(C)(C)Cc3ccc(C(C)C)c4c3C=CC(C)C=C4)c2C=C1. The molecule has 2 aliphatic rings. The van der Waals surface area contributed by atoms with Crippen LogP contribution in [0.15, 0.2) is 54.6 Å². The van der Waals surface area contributed by atoms with E-state index < -0.39 is 0 Å². The molecule has 160 valence electrons. The number of fused-ring (bicyclic) bond motifs is 2. The molecule has 0 amide bonds. The predicted molar refractivity (Wildman–Crippen MR) is 138 cm³/mol. The molecule has 0 heterocycles. The van der Waals surface area contributed by atoms with Gasteiger partial charge in [-0.1, -0.05) is 120 Å². The van der Waals surface area contributed by atoms with E-state index in [1.165, 1.54) is 38.9 Å². The lowest BCUT2D eigenvalue weighted by atomic mass is 9.74. The van der Waals surface area contributed by atoms with Crippen molar-refractivity contribution in [2.45, 2.75) is 59.3 Å². The molecule has 0 nitrogen and oxygen atoms in total. The first kappa shape index (κ1) is 21.6. The molecular weight excluding hydrogens is 372 g/mol. The van der Waals surface area contributed by atoms with Crippen LogP contribution in [0.3, 0.4) is 0 Å². The molecule has 0 aromatic heterocycles. The summed E-state index contributed by atoms with van der Waals surface area (Å²) >= 11 is 0. The summed E-state index contributed by atoms with van der Waals surface area (Å²) in [4.78, 5) is 0. The highest BCUT2D eigenvalue weighted by Crippen LogP contribution is 2.38. The van der Waals surface area contributed by atoms with Crippen molar-refractivity contribution in [2.24, 2.45) is 11.8 Å². The van der Waals surface area contributed by atoms with Crippen molar-refractivity contribution >= 4 is 24.3 Å². The Labute approximate surface area is 189 Å². The monoisotopic (exact) mass is 408 g/mol. The van der Waals surface area contributed by atoms with Crippen LogP contribution >= 0.6 is 0 Å². The fourth-order valence-electron chi connectivity index (χ4n) is 4.94. The van der Waals surface area contributed by atoms with Crippen molar-refractivity contribution < 1.29 is 0 Å². The van der Waals surface area contributed by atoms with Crippen molar-refractivity contribution in [2.75, 3.05) is 0 Å². The fraction of sp³-hybridized carbons (Fsp3) is 0.355. The zero-order valence-corrected chi connectivity index (χ0v) is 19.9. The van der Waals surface area contributed by atoms with Gasteiger partial charge < -0.3 is 0 Å². The Kier molecular flexibility index (Phi) is 5.93. The molecule has 0 bridgehead atoms. The summed E-state index contributed by atoms with van der Waals surface area (Å²) in [6.07, 6.45) is 19.7. The van der Waals surface area contributed by atoms with E-state index in [0.717, 1.165) is 6.42 Å². The third-order valence-corrected chi connectivity index (χ3v) is 6.81. The van der Waals surface area contributed by atoms with Crippen molar-refractivity contribution in [3.05, 3.63) is 93.6 Å². The Morgan fingerprint density at radius 3 is 2.03 bits per heavy atom. The first-order valence-corrected chi connectivity index (χ1v) is 11.8. The van der Waals surface area contributed by atoms with Gasteiger partial charge in [0, 0.05) is 0 Å². The van der Waals surface area contributed by atoms with Gasteiger partial charge >= 0.3 is 0 Å². The fourth-order valence-corrected chi connectivity index (χ4v) is 4.94. The van der Waals surface area contributed by atoms with Crippen LogP contribution < -0.4 is 0 Å². The van der Waals surface area contributed by atoms with Gasteiger partial charge in [0.15, 0.2) is 0 Å². The van der Waals surface area contributed by atoms with Gasteiger partial charge in [0.2, 0.25) is 0 Å². The van der Waals surface area contributed by atoms with Crippen LogP contribution in [0, 0.1) is 11.8 Å². The number of rotatable bonds is 4. The summed E-state index contributed by atoms with van der Waals surface area (Å²) in [5, 5.41) is 0. The molecule has 2 aromatic carbocycles. The zero-order valence-electron chi connectivity index (χ0n) is 19.9. The van der Waals surface area contributed by atoms with Crippen LogP contribution in [-0.4, -0.2) is 0 Å². The molecule has 0 N–H and O–H groups in total. The predicted octanol–water partition coefficient (Wildman–Crippen LogP) is 8.68. The maximum Gasteiger partial charge on any atom is -0.00568 e. The van der Waals surface area contributed by atoms with Gasteiger partial charge in [0.05, 0.1) is 0 Å². The molecule has 0 radical (unpaired) electrons. The van der Waals surface area contributed by atoms with Crippen LogP contribution in [0.5, 0.6) is 0 Å².